The minimum Gasteiger partial charge on any atom is -0.484 e. The Balaban J connectivity index is 1.96. The van der Waals surface area contributed by atoms with E-state index in [1.165, 1.54) is 10.9 Å². The lowest BCUT2D eigenvalue weighted by Crippen LogP contribution is -2.28. The molecule has 5 heteroatoms. The van der Waals surface area contributed by atoms with Gasteiger partial charge in [-0.25, -0.2) is 4.39 Å². The predicted molar refractivity (Wildman–Crippen MR) is 82.8 cm³/mol. The lowest BCUT2D eigenvalue weighted by molar-refractivity contribution is 0.154. The van der Waals surface area contributed by atoms with Crippen LogP contribution in [0.3, 0.4) is 0 Å². The van der Waals surface area contributed by atoms with Crippen LogP contribution in [0.25, 0.3) is 0 Å². The topological polar surface area (TPSA) is 21.3 Å². The monoisotopic (exact) mass is 355 g/mol. The molecule has 1 aromatic heterocycles. The Morgan fingerprint density at radius 1 is 1.45 bits per heavy atom. The van der Waals surface area contributed by atoms with Crippen molar-refractivity contribution in [3.05, 3.63) is 50.4 Å². The van der Waals surface area contributed by atoms with E-state index in [-0.39, 0.29) is 18.0 Å². The molecule has 2 aromatic rings. The molecular formula is C15H15BrFNOS. The van der Waals surface area contributed by atoms with Gasteiger partial charge in [0, 0.05) is 22.5 Å². The van der Waals surface area contributed by atoms with E-state index in [4.69, 9.17) is 4.74 Å². The van der Waals surface area contributed by atoms with Crippen LogP contribution in [0.2, 0.25) is 0 Å². The Morgan fingerprint density at radius 2 is 2.30 bits per heavy atom. The van der Waals surface area contributed by atoms with Crippen LogP contribution in [0.4, 0.5) is 4.39 Å². The molecule has 106 valence electrons. The number of rotatable bonds is 3. The summed E-state index contributed by atoms with van der Waals surface area (Å²) < 4.78 is 20.6. The summed E-state index contributed by atoms with van der Waals surface area (Å²) in [7, 11) is 0. The van der Waals surface area contributed by atoms with Crippen LogP contribution in [0.15, 0.2) is 34.1 Å². The third-order valence-corrected chi connectivity index (χ3v) is 5.42. The molecule has 0 spiro atoms. The van der Waals surface area contributed by atoms with Gasteiger partial charge in [-0.05, 0) is 52.1 Å². The van der Waals surface area contributed by atoms with Crippen molar-refractivity contribution in [2.45, 2.75) is 25.5 Å². The summed E-state index contributed by atoms with van der Waals surface area (Å²) in [4.78, 5) is 1.18. The average Bonchev–Trinajstić information content (AvgIpc) is 2.85. The highest BCUT2D eigenvalue weighted by molar-refractivity contribution is 9.10. The number of ether oxygens (including phenoxy) is 1. The number of halogens is 2. The van der Waals surface area contributed by atoms with Crippen molar-refractivity contribution in [3.8, 4) is 5.75 Å². The predicted octanol–water partition coefficient (Wildman–Crippen LogP) is 4.82. The van der Waals surface area contributed by atoms with Gasteiger partial charge in [0.1, 0.15) is 17.7 Å². The molecule has 2 atom stereocenters. The van der Waals surface area contributed by atoms with Crippen molar-refractivity contribution in [2.24, 2.45) is 0 Å². The number of nitrogens with one attached hydrogen (secondary N) is 1. The smallest absolute Gasteiger partial charge is 0.136 e. The van der Waals surface area contributed by atoms with E-state index in [1.54, 1.807) is 23.5 Å². The van der Waals surface area contributed by atoms with Crippen molar-refractivity contribution in [3.63, 3.8) is 0 Å². The maximum absolute atomic E-state index is 13.5. The normalized spacial score (nSPS) is 21.4. The van der Waals surface area contributed by atoms with Gasteiger partial charge in [0.25, 0.3) is 0 Å². The molecule has 0 radical (unpaired) electrons. The summed E-state index contributed by atoms with van der Waals surface area (Å²) >= 11 is 5.24. The summed E-state index contributed by atoms with van der Waals surface area (Å²) in [5.74, 6) is 0.555. The third-order valence-electron chi connectivity index (χ3n) is 3.45. The van der Waals surface area contributed by atoms with Crippen LogP contribution in [0.1, 0.15) is 35.9 Å². The fraction of sp³-hybridized carbons (Fsp3) is 0.333. The lowest BCUT2D eigenvalue weighted by Gasteiger charge is -2.32. The van der Waals surface area contributed by atoms with E-state index < -0.39 is 0 Å². The zero-order valence-corrected chi connectivity index (χ0v) is 13.4. The van der Waals surface area contributed by atoms with Gasteiger partial charge < -0.3 is 10.1 Å². The third kappa shape index (κ3) is 2.62. The first-order valence-electron chi connectivity index (χ1n) is 6.61. The summed E-state index contributed by atoms with van der Waals surface area (Å²) in [6.07, 6.45) is 0.815. The molecule has 0 aliphatic carbocycles. The molecule has 3 rings (SSSR count). The summed E-state index contributed by atoms with van der Waals surface area (Å²) in [5, 5.41) is 5.47. The Morgan fingerprint density at radius 3 is 3.00 bits per heavy atom. The van der Waals surface area contributed by atoms with Crippen LogP contribution in [-0.2, 0) is 0 Å². The molecule has 2 heterocycles. The molecule has 0 saturated heterocycles. The number of hydrogen-bond donors (Lipinski definition) is 1. The minimum atomic E-state index is -0.217. The SMILES string of the molecule is CCNC1CC(c2sccc2Br)Oc2ccc(F)cc21. The molecule has 1 N–H and O–H groups in total. The molecule has 0 saturated carbocycles. The summed E-state index contributed by atoms with van der Waals surface area (Å²) in [6.45, 7) is 2.91. The van der Waals surface area contributed by atoms with Gasteiger partial charge in [-0.3, -0.25) is 0 Å². The molecular weight excluding hydrogens is 341 g/mol. The first kappa shape index (κ1) is 14.0. The van der Waals surface area contributed by atoms with Crippen LogP contribution in [0.5, 0.6) is 5.75 Å². The Labute approximate surface area is 130 Å². The molecule has 1 aromatic carbocycles. The van der Waals surface area contributed by atoms with Gasteiger partial charge in [0.15, 0.2) is 0 Å². The van der Waals surface area contributed by atoms with Crippen LogP contribution in [-0.4, -0.2) is 6.54 Å². The second kappa shape index (κ2) is 5.84. The molecule has 20 heavy (non-hydrogen) atoms. The average molecular weight is 356 g/mol. The number of benzene rings is 1. The number of fused-ring (bicyclic) bond motifs is 1. The van der Waals surface area contributed by atoms with Gasteiger partial charge in [0.2, 0.25) is 0 Å². The summed E-state index contributed by atoms with van der Waals surface area (Å²) in [6, 6.07) is 6.91. The first-order valence-corrected chi connectivity index (χ1v) is 8.28. The van der Waals surface area contributed by atoms with Gasteiger partial charge >= 0.3 is 0 Å². The van der Waals surface area contributed by atoms with Crippen molar-refractivity contribution in [2.75, 3.05) is 6.54 Å². The van der Waals surface area contributed by atoms with Crippen molar-refractivity contribution in [1.29, 1.82) is 0 Å². The second-order valence-corrected chi connectivity index (χ2v) is 6.57. The van der Waals surface area contributed by atoms with Gasteiger partial charge in [-0.15, -0.1) is 11.3 Å². The molecule has 1 aliphatic rings. The van der Waals surface area contributed by atoms with Crippen LogP contribution in [0, 0.1) is 5.82 Å². The molecule has 2 nitrogen and oxygen atoms in total. The molecule has 0 fully saturated rings. The van der Waals surface area contributed by atoms with E-state index in [0.29, 0.717) is 0 Å². The van der Waals surface area contributed by atoms with E-state index >= 15 is 0 Å². The van der Waals surface area contributed by atoms with E-state index in [2.05, 4.69) is 28.2 Å². The molecule has 0 bridgehead atoms. The fourth-order valence-electron chi connectivity index (χ4n) is 2.58. The lowest BCUT2D eigenvalue weighted by atomic mass is 9.95. The van der Waals surface area contributed by atoms with Crippen LogP contribution >= 0.6 is 27.3 Å². The fourth-order valence-corrected chi connectivity index (χ4v) is 4.25. The zero-order chi connectivity index (χ0) is 14.1. The molecule has 0 amide bonds. The van der Waals surface area contributed by atoms with Crippen LogP contribution < -0.4 is 10.1 Å². The highest BCUT2D eigenvalue weighted by Crippen LogP contribution is 2.44. The zero-order valence-electron chi connectivity index (χ0n) is 11.0. The van der Waals surface area contributed by atoms with Crippen molar-refractivity contribution < 1.29 is 9.13 Å². The second-order valence-electron chi connectivity index (χ2n) is 4.77. The first-order chi connectivity index (χ1) is 9.69. The number of thiophene rings is 1. The maximum Gasteiger partial charge on any atom is 0.136 e. The highest BCUT2D eigenvalue weighted by Gasteiger charge is 2.30. The van der Waals surface area contributed by atoms with Crippen molar-refractivity contribution in [1.82, 2.24) is 5.32 Å². The summed E-state index contributed by atoms with van der Waals surface area (Å²) in [5.41, 5.74) is 0.913. The van der Waals surface area contributed by atoms with Gasteiger partial charge in [-0.2, -0.15) is 0 Å². The highest BCUT2D eigenvalue weighted by atomic mass is 79.9. The minimum absolute atomic E-state index is 0.00591. The largest absolute Gasteiger partial charge is 0.484 e. The van der Waals surface area contributed by atoms with Crippen molar-refractivity contribution >= 4 is 27.3 Å². The number of hydrogen-bond acceptors (Lipinski definition) is 3. The maximum atomic E-state index is 13.5. The Kier molecular flexibility index (Phi) is 4.10. The molecule has 1 aliphatic heterocycles. The van der Waals surface area contributed by atoms with Gasteiger partial charge in [0.05, 0.1) is 4.88 Å². The quantitative estimate of drug-likeness (QED) is 0.851. The van der Waals surface area contributed by atoms with E-state index in [9.17, 15) is 4.39 Å². The van der Waals surface area contributed by atoms with E-state index in [1.807, 2.05) is 11.4 Å². The van der Waals surface area contributed by atoms with E-state index in [0.717, 1.165) is 28.8 Å². The standard InChI is InChI=1S/C15H15BrFNOS/c1-2-18-12-8-14(15-11(16)5-6-20-15)19-13-4-3-9(17)7-10(12)13/h3-7,12,14,18H,2,8H2,1H3. The Bertz CT molecular complexity index is 616. The Hall–Kier alpha value is -0.910. The molecule has 2 unspecified atom stereocenters. The van der Waals surface area contributed by atoms with Gasteiger partial charge in [-0.1, -0.05) is 6.92 Å².